The van der Waals surface area contributed by atoms with Crippen molar-refractivity contribution in [1.29, 1.82) is 0 Å². The van der Waals surface area contributed by atoms with Gasteiger partial charge in [-0.2, -0.15) is 0 Å². The van der Waals surface area contributed by atoms with E-state index in [0.29, 0.717) is 6.07 Å². The Morgan fingerprint density at radius 1 is 1.33 bits per heavy atom. The molecule has 0 amide bonds. The highest BCUT2D eigenvalue weighted by Crippen LogP contribution is 2.16. The van der Waals surface area contributed by atoms with Gasteiger partial charge in [0, 0.05) is 6.07 Å². The first-order chi connectivity index (χ1) is 5.52. The van der Waals surface area contributed by atoms with E-state index in [1.54, 1.807) is 0 Å². The van der Waals surface area contributed by atoms with E-state index in [9.17, 15) is 13.0 Å². The number of hydrogen-bond donors (Lipinski definition) is 1. The Morgan fingerprint density at radius 3 is 2.42 bits per heavy atom. The highest BCUT2D eigenvalue weighted by molar-refractivity contribution is 7.79. The van der Waals surface area contributed by atoms with E-state index < -0.39 is 27.6 Å². The minimum atomic E-state index is -2.40. The van der Waals surface area contributed by atoms with E-state index in [-0.39, 0.29) is 5.56 Å². The summed E-state index contributed by atoms with van der Waals surface area (Å²) < 4.78 is 44.3. The van der Waals surface area contributed by atoms with Crippen LogP contribution in [0.15, 0.2) is 17.0 Å². The Labute approximate surface area is 70.5 Å². The van der Waals surface area contributed by atoms with Gasteiger partial charge in [-0.3, -0.25) is 0 Å². The average molecular weight is 192 g/mol. The van der Waals surface area contributed by atoms with Gasteiger partial charge in [-0.05, 0) is 18.6 Å². The normalized spacial score (nSPS) is 13.0. The molecular weight excluding hydrogens is 186 g/mol. The van der Waals surface area contributed by atoms with Crippen molar-refractivity contribution in [2.24, 2.45) is 0 Å². The highest BCUT2D eigenvalue weighted by atomic mass is 32.2. The number of hydrogen-bond acceptors (Lipinski definition) is 1. The van der Waals surface area contributed by atoms with Gasteiger partial charge in [0.15, 0.2) is 11.1 Å². The summed E-state index contributed by atoms with van der Waals surface area (Å²) >= 11 is -2.40. The monoisotopic (exact) mass is 192 g/mol. The van der Waals surface area contributed by atoms with Crippen molar-refractivity contribution in [3.8, 4) is 0 Å². The molecule has 0 saturated heterocycles. The molecule has 0 heterocycles. The fraction of sp³-hybridized carbons (Fsp3) is 0.143. The third-order valence-corrected chi connectivity index (χ3v) is 2.09. The number of rotatable bonds is 1. The van der Waals surface area contributed by atoms with Crippen molar-refractivity contribution in [2.45, 2.75) is 11.8 Å². The van der Waals surface area contributed by atoms with E-state index in [1.807, 2.05) is 0 Å². The van der Waals surface area contributed by atoms with Crippen LogP contribution in [0.25, 0.3) is 0 Å². The Morgan fingerprint density at radius 2 is 1.92 bits per heavy atom. The lowest BCUT2D eigenvalue weighted by molar-refractivity contribution is 0.532. The Kier molecular flexibility index (Phi) is 2.54. The van der Waals surface area contributed by atoms with Gasteiger partial charge in [0.05, 0.1) is 0 Å². The molecule has 12 heavy (non-hydrogen) atoms. The summed E-state index contributed by atoms with van der Waals surface area (Å²) in [5.41, 5.74) is 0.147. The zero-order valence-corrected chi connectivity index (χ0v) is 6.99. The van der Waals surface area contributed by atoms with E-state index in [1.165, 1.54) is 6.92 Å². The van der Waals surface area contributed by atoms with Gasteiger partial charge < -0.3 is 4.55 Å². The molecule has 2 nitrogen and oxygen atoms in total. The molecule has 0 aromatic heterocycles. The third-order valence-electron chi connectivity index (χ3n) is 1.40. The highest BCUT2D eigenvalue weighted by Gasteiger charge is 2.10. The van der Waals surface area contributed by atoms with Gasteiger partial charge in [-0.15, -0.1) is 0 Å². The second kappa shape index (κ2) is 3.28. The van der Waals surface area contributed by atoms with E-state index in [0.717, 1.165) is 6.07 Å². The number of benzene rings is 1. The first kappa shape index (κ1) is 9.28. The molecule has 1 aromatic rings. The summed E-state index contributed by atoms with van der Waals surface area (Å²) in [5.74, 6) is -1.72. The topological polar surface area (TPSA) is 37.3 Å². The van der Waals surface area contributed by atoms with Gasteiger partial charge in [0.2, 0.25) is 0 Å². The van der Waals surface area contributed by atoms with Crippen molar-refractivity contribution in [3.05, 3.63) is 29.3 Å². The molecule has 5 heteroatoms. The molecule has 0 bridgehead atoms. The minimum Gasteiger partial charge on any atom is -0.302 e. The van der Waals surface area contributed by atoms with Crippen molar-refractivity contribution >= 4 is 11.1 Å². The zero-order valence-electron chi connectivity index (χ0n) is 6.17. The Balaban J connectivity index is 3.33. The lowest BCUT2D eigenvalue weighted by atomic mass is 10.2. The molecule has 0 saturated carbocycles. The smallest absolute Gasteiger partial charge is 0.189 e. The molecule has 0 aliphatic rings. The Hall–Kier alpha value is -0.810. The van der Waals surface area contributed by atoms with Crippen molar-refractivity contribution in [1.82, 2.24) is 0 Å². The van der Waals surface area contributed by atoms with Crippen LogP contribution in [0, 0.1) is 18.6 Å². The van der Waals surface area contributed by atoms with Crippen LogP contribution < -0.4 is 0 Å². The van der Waals surface area contributed by atoms with Gasteiger partial charge in [-0.1, -0.05) is 0 Å². The molecule has 1 rings (SSSR count). The molecule has 0 fully saturated rings. The quantitative estimate of drug-likeness (QED) is 0.689. The van der Waals surface area contributed by atoms with E-state index in [2.05, 4.69) is 0 Å². The molecule has 1 atom stereocenters. The maximum atomic E-state index is 12.7. The zero-order chi connectivity index (χ0) is 9.30. The molecule has 66 valence electrons. The van der Waals surface area contributed by atoms with Crippen LogP contribution in [0.1, 0.15) is 5.56 Å². The molecule has 1 aromatic carbocycles. The van der Waals surface area contributed by atoms with Crippen LogP contribution in [0.5, 0.6) is 0 Å². The molecule has 0 aliphatic heterocycles. The first-order valence-corrected chi connectivity index (χ1v) is 4.19. The summed E-state index contributed by atoms with van der Waals surface area (Å²) in [4.78, 5) is -0.395. The van der Waals surface area contributed by atoms with Crippen molar-refractivity contribution in [3.63, 3.8) is 0 Å². The second-order valence-electron chi connectivity index (χ2n) is 2.28. The molecule has 1 unspecified atom stereocenters. The largest absolute Gasteiger partial charge is 0.302 e. The van der Waals surface area contributed by atoms with Gasteiger partial charge in [0.1, 0.15) is 16.5 Å². The fourth-order valence-corrected chi connectivity index (χ4v) is 1.27. The summed E-state index contributed by atoms with van der Waals surface area (Å²) in [5, 5.41) is 0. The first-order valence-electron chi connectivity index (χ1n) is 3.09. The van der Waals surface area contributed by atoms with E-state index >= 15 is 0 Å². The summed E-state index contributed by atoms with van der Waals surface area (Å²) in [6.07, 6.45) is 0. The van der Waals surface area contributed by atoms with Crippen LogP contribution in [-0.2, 0) is 11.1 Å². The number of halogens is 2. The van der Waals surface area contributed by atoms with Gasteiger partial charge in [-0.25, -0.2) is 13.0 Å². The maximum absolute atomic E-state index is 12.7. The summed E-state index contributed by atoms with van der Waals surface area (Å²) in [7, 11) is 0. The third kappa shape index (κ3) is 1.67. The average Bonchev–Trinajstić information content (AvgIpc) is 1.96. The van der Waals surface area contributed by atoms with Gasteiger partial charge >= 0.3 is 0 Å². The van der Waals surface area contributed by atoms with Crippen LogP contribution >= 0.6 is 0 Å². The SMILES string of the molecule is Cc1cc(S(=O)O)c(F)cc1F. The lowest BCUT2D eigenvalue weighted by Crippen LogP contribution is -1.96. The predicted octanol–water partition coefficient (Wildman–Crippen LogP) is 1.85. The van der Waals surface area contributed by atoms with Crippen LogP contribution in [0.2, 0.25) is 0 Å². The minimum absolute atomic E-state index is 0.147. The molecule has 0 radical (unpaired) electrons. The second-order valence-corrected chi connectivity index (χ2v) is 3.22. The van der Waals surface area contributed by atoms with Crippen LogP contribution in [0.4, 0.5) is 8.78 Å². The van der Waals surface area contributed by atoms with E-state index in [4.69, 9.17) is 4.55 Å². The molecule has 0 spiro atoms. The number of aryl methyl sites for hydroxylation is 1. The molecule has 1 N–H and O–H groups in total. The molecule has 0 aliphatic carbocycles. The Bertz CT molecular complexity index is 338. The van der Waals surface area contributed by atoms with Crippen LogP contribution in [-0.4, -0.2) is 8.76 Å². The maximum Gasteiger partial charge on any atom is 0.189 e. The van der Waals surface area contributed by atoms with Gasteiger partial charge in [0.25, 0.3) is 0 Å². The standard InChI is InChI=1S/C7H6F2O2S/c1-4-2-7(12(10)11)6(9)3-5(4)8/h2-3H,1H3,(H,10,11). The summed E-state index contributed by atoms with van der Waals surface area (Å²) in [6.45, 7) is 1.39. The van der Waals surface area contributed by atoms with Crippen LogP contribution in [0.3, 0.4) is 0 Å². The van der Waals surface area contributed by atoms with Crippen molar-refractivity contribution in [2.75, 3.05) is 0 Å². The molecular formula is C7H6F2O2S. The van der Waals surface area contributed by atoms with Crippen molar-refractivity contribution < 1.29 is 17.5 Å². The fourth-order valence-electron chi connectivity index (χ4n) is 0.765. The lowest BCUT2D eigenvalue weighted by Gasteiger charge is -2.00. The summed E-state index contributed by atoms with van der Waals surface area (Å²) in [6, 6.07) is 1.61. The predicted molar refractivity (Wildman–Crippen MR) is 40.1 cm³/mol.